The summed E-state index contributed by atoms with van der Waals surface area (Å²) in [6, 6.07) is 6.18. The molecule has 0 bridgehead atoms. The van der Waals surface area contributed by atoms with Gasteiger partial charge < -0.3 is 5.11 Å². The topological polar surface area (TPSA) is 25.2 Å². The third-order valence-electron chi connectivity index (χ3n) is 4.98. The van der Waals surface area contributed by atoms with Crippen LogP contribution in [0.25, 0.3) is 5.69 Å². The number of hydrogen-bond donors (Lipinski definition) is 1. The van der Waals surface area contributed by atoms with Gasteiger partial charge in [-0.25, -0.2) is 4.39 Å². The molecule has 0 radical (unpaired) electrons. The van der Waals surface area contributed by atoms with Crippen LogP contribution in [-0.2, 0) is 6.42 Å². The fourth-order valence-electron chi connectivity index (χ4n) is 3.38. The van der Waals surface area contributed by atoms with E-state index in [1.807, 2.05) is 0 Å². The van der Waals surface area contributed by atoms with Crippen LogP contribution in [0.4, 0.5) is 4.39 Å². The molecule has 0 aliphatic rings. The average Bonchev–Trinajstić information content (AvgIpc) is 2.93. The quantitative estimate of drug-likeness (QED) is 0.236. The number of allylic oxidation sites excluding steroid dienone is 2. The molecule has 1 unspecified atom stereocenters. The van der Waals surface area contributed by atoms with E-state index < -0.39 is 0 Å². The predicted molar refractivity (Wildman–Crippen MR) is 116 cm³/mol. The van der Waals surface area contributed by atoms with Crippen molar-refractivity contribution in [3.63, 3.8) is 0 Å². The Hall–Kier alpha value is -1.46. The van der Waals surface area contributed by atoms with Gasteiger partial charge in [-0.1, -0.05) is 50.8 Å². The Morgan fingerprint density at radius 2 is 2.04 bits per heavy atom. The molecule has 1 heterocycles. The number of aryl methyl sites for hydroxylation is 1. The first-order valence-corrected chi connectivity index (χ1v) is 11.1. The molecule has 27 heavy (non-hydrogen) atoms. The highest BCUT2D eigenvalue weighted by Gasteiger charge is 2.14. The van der Waals surface area contributed by atoms with Gasteiger partial charge in [0, 0.05) is 0 Å². The zero-order valence-corrected chi connectivity index (χ0v) is 17.9. The third-order valence-corrected chi connectivity index (χ3v) is 6.41. The van der Waals surface area contributed by atoms with Gasteiger partial charge in [-0.3, -0.25) is 4.57 Å². The molecule has 1 aromatic heterocycles. The number of thiazole rings is 1. The molecule has 1 aromatic carbocycles. The highest BCUT2D eigenvalue weighted by Crippen LogP contribution is 2.32. The molecular weight excluding hydrogens is 377 g/mol. The molecule has 0 saturated carbocycles. The number of rotatable bonds is 11. The molecule has 2 nitrogen and oxygen atoms in total. The monoisotopic (exact) mass is 407 g/mol. The van der Waals surface area contributed by atoms with Crippen molar-refractivity contribution < 1.29 is 9.50 Å². The van der Waals surface area contributed by atoms with Gasteiger partial charge in [0.1, 0.15) is 5.82 Å². The largest absolute Gasteiger partial charge is 0.493 e. The summed E-state index contributed by atoms with van der Waals surface area (Å²) < 4.78 is 15.6. The Morgan fingerprint density at radius 1 is 1.26 bits per heavy atom. The summed E-state index contributed by atoms with van der Waals surface area (Å²) in [7, 11) is 0. The minimum Gasteiger partial charge on any atom is -0.493 e. The van der Waals surface area contributed by atoms with Crippen LogP contribution < -0.4 is 0 Å². The fraction of sp³-hybridized carbons (Fsp3) is 0.500. The van der Waals surface area contributed by atoms with Crippen molar-refractivity contribution in [2.75, 3.05) is 0 Å². The second-order valence-electron chi connectivity index (χ2n) is 6.95. The van der Waals surface area contributed by atoms with E-state index in [9.17, 15) is 9.50 Å². The molecule has 148 valence electrons. The molecule has 1 atom stereocenters. The summed E-state index contributed by atoms with van der Waals surface area (Å²) in [6.07, 6.45) is 13.6. The van der Waals surface area contributed by atoms with Crippen LogP contribution in [0.1, 0.15) is 63.7 Å². The first kappa shape index (κ1) is 21.8. The maximum absolute atomic E-state index is 13.5. The van der Waals surface area contributed by atoms with Crippen molar-refractivity contribution in [3.05, 3.63) is 51.1 Å². The Balaban J connectivity index is 1.90. The number of benzene rings is 1. The Morgan fingerprint density at radius 3 is 2.74 bits per heavy atom. The first-order chi connectivity index (χ1) is 13.1. The number of hydrogen-bond acceptors (Lipinski definition) is 3. The van der Waals surface area contributed by atoms with Crippen LogP contribution in [0, 0.1) is 15.7 Å². The normalized spacial score (nSPS) is 12.7. The van der Waals surface area contributed by atoms with Gasteiger partial charge in [0.2, 0.25) is 5.88 Å². The lowest BCUT2D eigenvalue weighted by Gasteiger charge is -2.14. The maximum Gasteiger partial charge on any atom is 0.211 e. The van der Waals surface area contributed by atoms with Crippen molar-refractivity contribution in [2.24, 2.45) is 5.92 Å². The average molecular weight is 408 g/mol. The minimum atomic E-state index is -0.332. The molecule has 1 N–H and O–H groups in total. The van der Waals surface area contributed by atoms with Gasteiger partial charge in [0.15, 0.2) is 3.95 Å². The van der Waals surface area contributed by atoms with Gasteiger partial charge >= 0.3 is 0 Å². The van der Waals surface area contributed by atoms with E-state index >= 15 is 0 Å². The molecule has 5 heteroatoms. The number of nitrogens with zero attached hydrogens (tertiary/aromatic N) is 1. The highest BCUT2D eigenvalue weighted by atomic mass is 32.1. The number of aromatic hydroxyl groups is 1. The molecular formula is C22H30FNOS2. The fourth-order valence-corrected chi connectivity index (χ4v) is 4.80. The smallest absolute Gasteiger partial charge is 0.211 e. The van der Waals surface area contributed by atoms with E-state index in [4.69, 9.17) is 12.2 Å². The van der Waals surface area contributed by atoms with Crippen LogP contribution in [0.2, 0.25) is 0 Å². The van der Waals surface area contributed by atoms with Gasteiger partial charge in [0.05, 0.1) is 10.6 Å². The summed E-state index contributed by atoms with van der Waals surface area (Å²) in [6.45, 7) is 4.33. The lowest BCUT2D eigenvalue weighted by Crippen LogP contribution is -2.00. The second-order valence-corrected chi connectivity index (χ2v) is 8.68. The van der Waals surface area contributed by atoms with E-state index in [0.29, 0.717) is 9.64 Å². The van der Waals surface area contributed by atoms with Crippen LogP contribution in [0.5, 0.6) is 5.88 Å². The summed E-state index contributed by atoms with van der Waals surface area (Å²) in [5.74, 6) is 0.577. The molecule has 0 spiro atoms. The lowest BCUT2D eigenvalue weighted by atomic mass is 9.93. The standard InChI is InChI=1S/C22H30FNOS2/c1-3-5-6-7-8-11-17(4-2)12-9-15-20-21(25)24(22(26)27-20)19-14-10-13-18(23)16-19/h3,5,10,13-14,16-17,25H,4,6-9,11-12,15H2,1-2H3. The number of aromatic nitrogens is 1. The SMILES string of the molecule is CC=CCCCCC(CC)CCCc1sc(=S)n(-c2cccc(F)c2)c1O. The predicted octanol–water partition coefficient (Wildman–Crippen LogP) is 7.60. The maximum atomic E-state index is 13.5. The summed E-state index contributed by atoms with van der Waals surface area (Å²) in [5.41, 5.74) is 0.576. The molecule has 0 aliphatic heterocycles. The molecule has 0 amide bonds. The zero-order valence-electron chi connectivity index (χ0n) is 16.3. The molecule has 2 rings (SSSR count). The number of halogens is 1. The van der Waals surface area contributed by atoms with Crippen molar-refractivity contribution >= 4 is 23.6 Å². The molecule has 2 aromatic rings. The van der Waals surface area contributed by atoms with Gasteiger partial charge in [-0.05, 0) is 68.9 Å². The highest BCUT2D eigenvalue weighted by molar-refractivity contribution is 7.73. The summed E-state index contributed by atoms with van der Waals surface area (Å²) >= 11 is 6.82. The van der Waals surface area contributed by atoms with Crippen molar-refractivity contribution in [1.29, 1.82) is 0 Å². The van der Waals surface area contributed by atoms with E-state index in [1.54, 1.807) is 16.7 Å². The van der Waals surface area contributed by atoms with Crippen molar-refractivity contribution in [3.8, 4) is 11.6 Å². The van der Waals surface area contributed by atoms with Gasteiger partial charge in [-0.15, -0.1) is 11.3 Å². The van der Waals surface area contributed by atoms with E-state index in [0.717, 1.165) is 23.6 Å². The Bertz CT molecular complexity index is 794. The van der Waals surface area contributed by atoms with Gasteiger partial charge in [-0.2, -0.15) is 0 Å². The minimum absolute atomic E-state index is 0.162. The van der Waals surface area contributed by atoms with E-state index in [1.165, 1.54) is 62.0 Å². The van der Waals surface area contributed by atoms with E-state index in [-0.39, 0.29) is 11.7 Å². The molecule has 0 saturated heterocycles. The second kappa shape index (κ2) is 11.4. The summed E-state index contributed by atoms with van der Waals surface area (Å²) in [5, 5.41) is 10.6. The third kappa shape index (κ3) is 6.58. The first-order valence-electron chi connectivity index (χ1n) is 9.87. The molecule has 0 fully saturated rings. The Labute approximate surface area is 171 Å². The van der Waals surface area contributed by atoms with Gasteiger partial charge in [0.25, 0.3) is 0 Å². The van der Waals surface area contributed by atoms with Crippen LogP contribution in [0.15, 0.2) is 36.4 Å². The summed E-state index contributed by atoms with van der Waals surface area (Å²) in [4.78, 5) is 0.896. The van der Waals surface area contributed by atoms with Crippen molar-refractivity contribution in [2.45, 2.75) is 65.2 Å². The zero-order chi connectivity index (χ0) is 19.6. The van der Waals surface area contributed by atoms with Crippen LogP contribution >= 0.6 is 23.6 Å². The Kier molecular flexibility index (Phi) is 9.22. The van der Waals surface area contributed by atoms with E-state index in [2.05, 4.69) is 26.0 Å². The van der Waals surface area contributed by atoms with Crippen LogP contribution in [-0.4, -0.2) is 9.67 Å². The number of unbranched alkanes of at least 4 members (excludes halogenated alkanes) is 2. The lowest BCUT2D eigenvalue weighted by molar-refractivity contribution is 0.402. The van der Waals surface area contributed by atoms with Crippen molar-refractivity contribution in [1.82, 2.24) is 4.57 Å². The van der Waals surface area contributed by atoms with Crippen LogP contribution in [0.3, 0.4) is 0 Å². The molecule has 0 aliphatic carbocycles.